The molecule has 4 aliphatic rings. The maximum Gasteiger partial charge on any atom is 0.0755 e. The van der Waals surface area contributed by atoms with Crippen LogP contribution in [-0.4, -0.2) is 0 Å². The third-order valence-electron chi connectivity index (χ3n) is 28.2. The molecule has 0 aromatic heterocycles. The topological polar surface area (TPSA) is 13.0 Å². The summed E-state index contributed by atoms with van der Waals surface area (Å²) in [6.07, 6.45) is 0. The average Bonchev–Trinajstić information content (AvgIpc) is 1.49. The maximum atomic E-state index is 2.55. The Kier molecular flexibility index (Phi) is 17.1. The molecule has 26 rings (SSSR count). The van der Waals surface area contributed by atoms with Gasteiger partial charge in [0.05, 0.1) is 50.6 Å². The Morgan fingerprint density at radius 2 is 0.485 bits per heavy atom. The van der Waals surface area contributed by atoms with Gasteiger partial charge in [-0.3, -0.25) is 0 Å². The Morgan fingerprint density at radius 1 is 0.154 bits per heavy atom. The molecule has 0 bridgehead atoms. The number of nitrogens with zero attached hydrogens (tertiary/aromatic N) is 4. The molecule has 0 atom stereocenters. The van der Waals surface area contributed by atoms with Crippen molar-refractivity contribution in [3.05, 3.63) is 542 Å². The smallest absolute Gasteiger partial charge is 0.0755 e. The molecule has 606 valence electrons. The fraction of sp³-hybridized carbons (Fsp3) is 0.0159. The van der Waals surface area contributed by atoms with Gasteiger partial charge < -0.3 is 19.6 Å². The van der Waals surface area contributed by atoms with E-state index in [1.807, 2.05) is 0 Å². The van der Waals surface area contributed by atoms with Crippen LogP contribution < -0.4 is 19.6 Å². The van der Waals surface area contributed by atoms with E-state index in [1.165, 1.54) is 138 Å². The predicted molar refractivity (Wildman–Crippen MR) is 544 cm³/mol. The largest absolute Gasteiger partial charge is 0.310 e. The second-order valence-corrected chi connectivity index (χ2v) is 34.8. The lowest BCUT2D eigenvalue weighted by Crippen LogP contribution is -2.36. The molecule has 130 heavy (non-hydrogen) atoms. The molecule has 4 nitrogen and oxygen atoms in total. The highest BCUT2D eigenvalue weighted by atomic mass is 15.2. The van der Waals surface area contributed by atoms with E-state index in [2.05, 4.69) is 517 Å². The molecule has 0 saturated heterocycles. The van der Waals surface area contributed by atoms with Crippen molar-refractivity contribution in [3.63, 3.8) is 0 Å². The quantitative estimate of drug-likeness (QED) is 0.107. The molecule has 0 saturated carbocycles. The number of benzene rings is 22. The molecule has 2 aliphatic heterocycles. The summed E-state index contributed by atoms with van der Waals surface area (Å²) in [5.74, 6) is 0. The number of hydrogen-bond acceptors (Lipinski definition) is 4. The molecule has 4 heteroatoms. The third kappa shape index (κ3) is 11.4. The summed E-state index contributed by atoms with van der Waals surface area (Å²) in [6.45, 7) is 0. The minimum absolute atomic E-state index is 0.660. The van der Waals surface area contributed by atoms with E-state index >= 15 is 0 Å². The van der Waals surface area contributed by atoms with Gasteiger partial charge in [-0.25, -0.2) is 0 Å². The Hall–Kier alpha value is -16.9. The predicted octanol–water partition coefficient (Wildman–Crippen LogP) is 33.9. The molecule has 0 amide bonds. The van der Waals surface area contributed by atoms with E-state index in [0.29, 0.717) is 0 Å². The van der Waals surface area contributed by atoms with Gasteiger partial charge >= 0.3 is 0 Å². The first kappa shape index (κ1) is 74.5. The van der Waals surface area contributed by atoms with Crippen LogP contribution in [0.4, 0.5) is 68.2 Å². The van der Waals surface area contributed by atoms with Crippen LogP contribution in [0.2, 0.25) is 0 Å². The first-order chi connectivity index (χ1) is 64.5. The van der Waals surface area contributed by atoms with E-state index in [1.54, 1.807) is 0 Å². The zero-order valence-electron chi connectivity index (χ0n) is 71.1. The standard InChI is InChI=1S/C126H82N4/c1-4-31-83(32-5-1)85-59-63-87(64-60-85)102-41-16-24-53-118(102)127(97-71-75-107-105-44-14-18-47-110(105)125(116(107)81-97)112-49-20-26-55-120(112)128(94-37-8-3-9-38-94)121-56-27-21-50-113(121)125)96-70-74-101-93(79-96)68-67-92-77-90(69-73-100(92)101)89-36-30-39-95(78-89)130-122-57-28-22-51-114(122)126(115-52-23-29-58-123(115)130)111-48-19-15-45-106(111)108-76-72-98(82-117(108)126)129(124-80-91-35-10-11-40-99(91)104-43-12-13-46-109(104)124)119-54-25-17-42-103(119)88-65-61-86(62-66-88)84-33-6-2-7-34-84/h1-82H. The summed E-state index contributed by atoms with van der Waals surface area (Å²) in [6, 6.07) is 186. The zero-order chi connectivity index (χ0) is 85.5. The summed E-state index contributed by atoms with van der Waals surface area (Å²) in [4.78, 5) is 10.1. The summed E-state index contributed by atoms with van der Waals surface area (Å²) in [7, 11) is 0. The van der Waals surface area contributed by atoms with Gasteiger partial charge in [0.25, 0.3) is 0 Å². The second kappa shape index (κ2) is 29.9. The van der Waals surface area contributed by atoms with E-state index in [0.717, 1.165) is 95.6 Å². The molecular weight excluding hydrogens is 1570 g/mol. The van der Waals surface area contributed by atoms with Gasteiger partial charge in [0.1, 0.15) is 0 Å². The molecule has 22 aromatic carbocycles. The SMILES string of the molecule is c1ccc(-c2ccc(-c3ccccc3N(c3ccc4c(c3)C3(c5ccccc5-4)c4ccccc4N(c4ccccc4)c4ccccc43)c3ccc4c(ccc5cc(-c6cccc(N7c8ccccc8C8(c9ccccc9-c9ccc(N(c%10ccccc%10-c%10ccc(-c%11ccccc%11)cc%10)c%10cc%11ccccc%11c%11ccccc%10%11)cc98)c8ccccc87)c6)ccc54)c3)cc2)cc1. The van der Waals surface area contributed by atoms with Crippen molar-refractivity contribution in [2.24, 2.45) is 0 Å². The third-order valence-corrected chi connectivity index (χ3v) is 28.2. The van der Waals surface area contributed by atoms with Crippen molar-refractivity contribution in [1.82, 2.24) is 0 Å². The summed E-state index contributed by atoms with van der Waals surface area (Å²) >= 11 is 0. The summed E-state index contributed by atoms with van der Waals surface area (Å²) < 4.78 is 0. The average molecular weight is 1650 g/mol. The van der Waals surface area contributed by atoms with Gasteiger partial charge in [-0.15, -0.1) is 0 Å². The minimum atomic E-state index is -0.728. The highest BCUT2D eigenvalue weighted by Gasteiger charge is 2.54. The normalized spacial score (nSPS) is 13.2. The van der Waals surface area contributed by atoms with Crippen LogP contribution >= 0.6 is 0 Å². The Morgan fingerprint density at radius 3 is 1.02 bits per heavy atom. The monoisotopic (exact) mass is 1650 g/mol. The van der Waals surface area contributed by atoms with Gasteiger partial charge in [0, 0.05) is 45.0 Å². The van der Waals surface area contributed by atoms with Crippen molar-refractivity contribution >= 4 is 111 Å². The van der Waals surface area contributed by atoms with E-state index in [9.17, 15) is 0 Å². The van der Waals surface area contributed by atoms with E-state index in [4.69, 9.17) is 0 Å². The highest BCUT2D eigenvalue weighted by molar-refractivity contribution is 6.16. The van der Waals surface area contributed by atoms with Crippen LogP contribution in [0.1, 0.15) is 44.5 Å². The molecule has 2 spiro atoms. The molecule has 2 heterocycles. The van der Waals surface area contributed by atoms with E-state index in [-0.39, 0.29) is 0 Å². The first-order valence-corrected chi connectivity index (χ1v) is 45.1. The molecule has 2 aliphatic carbocycles. The molecular formula is C126H82N4. The molecule has 0 fully saturated rings. The number of fused-ring (bicyclic) bond motifs is 24. The Bertz CT molecular complexity index is 8230. The number of anilines is 12. The van der Waals surface area contributed by atoms with Crippen LogP contribution in [0.25, 0.3) is 121 Å². The van der Waals surface area contributed by atoms with Crippen molar-refractivity contribution in [2.45, 2.75) is 10.8 Å². The van der Waals surface area contributed by atoms with Crippen molar-refractivity contribution < 1.29 is 0 Å². The van der Waals surface area contributed by atoms with Crippen LogP contribution in [0.5, 0.6) is 0 Å². The molecule has 0 radical (unpaired) electrons. The molecule has 22 aromatic rings. The first-order valence-electron chi connectivity index (χ1n) is 45.1. The Labute approximate surface area is 756 Å². The summed E-state index contributed by atoms with van der Waals surface area (Å²) in [5.41, 5.74) is 38.5. The molecule has 0 N–H and O–H groups in total. The molecule has 0 unspecified atom stereocenters. The van der Waals surface area contributed by atoms with Gasteiger partial charge in [-0.2, -0.15) is 0 Å². The van der Waals surface area contributed by atoms with Gasteiger partial charge in [-0.1, -0.05) is 388 Å². The van der Waals surface area contributed by atoms with Gasteiger partial charge in [0.15, 0.2) is 0 Å². The van der Waals surface area contributed by atoms with Crippen molar-refractivity contribution in [1.29, 1.82) is 0 Å². The number of para-hydroxylation sites is 7. The fourth-order valence-electron chi connectivity index (χ4n) is 22.6. The summed E-state index contributed by atoms with van der Waals surface area (Å²) in [5, 5.41) is 9.52. The van der Waals surface area contributed by atoms with Gasteiger partial charge in [0.2, 0.25) is 0 Å². The van der Waals surface area contributed by atoms with Crippen molar-refractivity contribution in [2.75, 3.05) is 19.6 Å². The van der Waals surface area contributed by atoms with E-state index < -0.39 is 10.8 Å². The highest BCUT2D eigenvalue weighted by Crippen LogP contribution is 2.67. The number of hydrogen-bond donors (Lipinski definition) is 0. The minimum Gasteiger partial charge on any atom is -0.310 e. The lowest BCUT2D eigenvalue weighted by Gasteiger charge is -2.45. The van der Waals surface area contributed by atoms with Crippen LogP contribution in [0, 0.1) is 0 Å². The number of rotatable bonds is 13. The lowest BCUT2D eigenvalue weighted by atomic mass is 9.64. The van der Waals surface area contributed by atoms with Crippen LogP contribution in [-0.2, 0) is 10.8 Å². The lowest BCUT2D eigenvalue weighted by molar-refractivity contribution is 0.752. The van der Waals surface area contributed by atoms with Crippen LogP contribution in [0.3, 0.4) is 0 Å². The van der Waals surface area contributed by atoms with Crippen LogP contribution in [0.15, 0.2) is 497 Å². The van der Waals surface area contributed by atoms with Crippen molar-refractivity contribution in [3.8, 4) is 77.9 Å². The maximum absolute atomic E-state index is 2.55. The van der Waals surface area contributed by atoms with Gasteiger partial charge in [-0.05, 0) is 258 Å². The zero-order valence-corrected chi connectivity index (χ0v) is 71.1. The Balaban J connectivity index is 0.590. The fourth-order valence-corrected chi connectivity index (χ4v) is 22.6. The second-order valence-electron chi connectivity index (χ2n) is 34.8.